The van der Waals surface area contributed by atoms with E-state index in [1.807, 2.05) is 7.05 Å². The Hall–Kier alpha value is -1.79. The number of nitrogens with zero attached hydrogens (tertiary/aromatic N) is 2. The first-order valence-electron chi connectivity index (χ1n) is 10.7. The lowest BCUT2D eigenvalue weighted by Gasteiger charge is -2.21. The van der Waals surface area contributed by atoms with E-state index in [1.54, 1.807) is 0 Å². The molecule has 1 saturated heterocycles. The third-order valence-corrected chi connectivity index (χ3v) is 5.09. The molecular weight excluding hydrogens is 352 g/mol. The Morgan fingerprint density at radius 2 is 1.82 bits per heavy atom. The van der Waals surface area contributed by atoms with E-state index in [-0.39, 0.29) is 0 Å². The van der Waals surface area contributed by atoms with Crippen LogP contribution < -0.4 is 15.5 Å². The molecule has 1 fully saturated rings. The topological polar surface area (TPSA) is 58.1 Å². The Labute approximate surface area is 170 Å². The van der Waals surface area contributed by atoms with Crippen molar-refractivity contribution in [2.75, 3.05) is 65.1 Å². The van der Waals surface area contributed by atoms with E-state index in [9.17, 15) is 0 Å². The fourth-order valence-electron chi connectivity index (χ4n) is 3.26. The first kappa shape index (κ1) is 22.5. The van der Waals surface area contributed by atoms with Crippen molar-refractivity contribution in [1.29, 1.82) is 0 Å². The summed E-state index contributed by atoms with van der Waals surface area (Å²) in [6, 6.07) is 10.5. The van der Waals surface area contributed by atoms with Gasteiger partial charge >= 0.3 is 0 Å². The molecule has 0 amide bonds. The number of benzene rings is 1. The molecule has 2 rings (SSSR count). The van der Waals surface area contributed by atoms with Crippen LogP contribution in [0.3, 0.4) is 0 Å². The normalized spacial score (nSPS) is 15.4. The highest BCUT2D eigenvalue weighted by molar-refractivity contribution is 5.79. The van der Waals surface area contributed by atoms with Crippen molar-refractivity contribution in [3.8, 4) is 0 Å². The van der Waals surface area contributed by atoms with E-state index in [0.29, 0.717) is 5.92 Å². The van der Waals surface area contributed by atoms with Gasteiger partial charge in [-0.05, 0) is 50.2 Å². The fourth-order valence-corrected chi connectivity index (χ4v) is 3.26. The number of guanidine groups is 1. The molecule has 1 heterocycles. The van der Waals surface area contributed by atoms with Crippen molar-refractivity contribution in [1.82, 2.24) is 10.6 Å². The Morgan fingerprint density at radius 3 is 2.54 bits per heavy atom. The number of ether oxygens (including phenoxy) is 2. The Bertz CT molecular complexity index is 533. The second-order valence-corrected chi connectivity index (χ2v) is 7.37. The SMILES string of the molecule is CN=C(NCCCCN(C)c1ccccc1)NCCCOCC1CCOCC1. The molecule has 2 N–H and O–H groups in total. The van der Waals surface area contributed by atoms with Crippen LogP contribution >= 0.6 is 0 Å². The number of unbranched alkanes of at least 4 members (excludes halogenated alkanes) is 1. The van der Waals surface area contributed by atoms with Gasteiger partial charge in [0.25, 0.3) is 0 Å². The number of anilines is 1. The minimum absolute atomic E-state index is 0.678. The van der Waals surface area contributed by atoms with Crippen LogP contribution in [0.25, 0.3) is 0 Å². The smallest absolute Gasteiger partial charge is 0.190 e. The summed E-state index contributed by atoms with van der Waals surface area (Å²) < 4.78 is 11.2. The van der Waals surface area contributed by atoms with E-state index < -0.39 is 0 Å². The summed E-state index contributed by atoms with van der Waals surface area (Å²) in [6.07, 6.45) is 5.53. The highest BCUT2D eigenvalue weighted by atomic mass is 16.5. The number of nitrogens with one attached hydrogen (secondary N) is 2. The maximum Gasteiger partial charge on any atom is 0.190 e. The first-order chi connectivity index (χ1) is 13.8. The third kappa shape index (κ3) is 9.42. The lowest BCUT2D eigenvalue weighted by molar-refractivity contribution is 0.0203. The monoisotopic (exact) mass is 390 g/mol. The van der Waals surface area contributed by atoms with Crippen LogP contribution in [0.15, 0.2) is 35.3 Å². The lowest BCUT2D eigenvalue weighted by atomic mass is 10.0. The summed E-state index contributed by atoms with van der Waals surface area (Å²) in [5, 5.41) is 6.75. The lowest BCUT2D eigenvalue weighted by Crippen LogP contribution is -2.38. The number of hydrogen-bond donors (Lipinski definition) is 2. The molecule has 1 aliphatic rings. The van der Waals surface area contributed by atoms with Crippen LogP contribution in [0.5, 0.6) is 0 Å². The number of para-hydroxylation sites is 1. The molecule has 0 aromatic heterocycles. The predicted octanol–water partition coefficient (Wildman–Crippen LogP) is 2.90. The zero-order valence-electron chi connectivity index (χ0n) is 17.7. The first-order valence-corrected chi connectivity index (χ1v) is 10.7. The van der Waals surface area contributed by atoms with E-state index in [4.69, 9.17) is 9.47 Å². The van der Waals surface area contributed by atoms with Gasteiger partial charge in [-0.25, -0.2) is 0 Å². The Kier molecular flexibility index (Phi) is 11.4. The molecular formula is C22H38N4O2. The Balaban J connectivity index is 1.44. The fraction of sp³-hybridized carbons (Fsp3) is 0.682. The van der Waals surface area contributed by atoms with Gasteiger partial charge in [0.05, 0.1) is 0 Å². The second-order valence-electron chi connectivity index (χ2n) is 7.37. The summed E-state index contributed by atoms with van der Waals surface area (Å²) in [5.41, 5.74) is 1.27. The van der Waals surface area contributed by atoms with Crippen LogP contribution in [0.1, 0.15) is 32.1 Å². The van der Waals surface area contributed by atoms with E-state index >= 15 is 0 Å². The zero-order chi connectivity index (χ0) is 19.9. The second kappa shape index (κ2) is 14.2. The average molecular weight is 391 g/mol. The minimum Gasteiger partial charge on any atom is -0.381 e. The molecule has 1 aromatic rings. The van der Waals surface area contributed by atoms with Gasteiger partial charge in [-0.15, -0.1) is 0 Å². The van der Waals surface area contributed by atoms with Crippen LogP contribution in [0, 0.1) is 5.92 Å². The molecule has 0 unspecified atom stereocenters. The molecule has 0 aliphatic carbocycles. The van der Waals surface area contributed by atoms with Crippen molar-refractivity contribution in [3.63, 3.8) is 0 Å². The third-order valence-electron chi connectivity index (χ3n) is 5.09. The predicted molar refractivity (Wildman–Crippen MR) is 117 cm³/mol. The summed E-state index contributed by atoms with van der Waals surface area (Å²) in [5.74, 6) is 1.55. The molecule has 6 nitrogen and oxygen atoms in total. The quantitative estimate of drug-likeness (QED) is 0.326. The molecule has 1 aliphatic heterocycles. The largest absolute Gasteiger partial charge is 0.381 e. The van der Waals surface area contributed by atoms with Crippen LogP contribution in [0.4, 0.5) is 5.69 Å². The van der Waals surface area contributed by atoms with Crippen molar-refractivity contribution < 1.29 is 9.47 Å². The average Bonchev–Trinajstić information content (AvgIpc) is 2.75. The molecule has 0 radical (unpaired) electrons. The molecule has 158 valence electrons. The molecule has 0 saturated carbocycles. The summed E-state index contributed by atoms with van der Waals surface area (Å²) >= 11 is 0. The zero-order valence-corrected chi connectivity index (χ0v) is 17.7. The van der Waals surface area contributed by atoms with Gasteiger partial charge < -0.3 is 25.0 Å². The highest BCUT2D eigenvalue weighted by Gasteiger charge is 2.13. The highest BCUT2D eigenvalue weighted by Crippen LogP contribution is 2.14. The van der Waals surface area contributed by atoms with E-state index in [2.05, 4.69) is 57.9 Å². The summed E-state index contributed by atoms with van der Waals surface area (Å²) in [6.45, 7) is 6.32. The van der Waals surface area contributed by atoms with Crippen molar-refractivity contribution in [2.45, 2.75) is 32.1 Å². The van der Waals surface area contributed by atoms with Gasteiger partial charge in [-0.3, -0.25) is 4.99 Å². The van der Waals surface area contributed by atoms with Crippen LogP contribution in [-0.4, -0.2) is 66.1 Å². The maximum atomic E-state index is 5.80. The van der Waals surface area contributed by atoms with E-state index in [0.717, 1.165) is 84.1 Å². The van der Waals surface area contributed by atoms with Gasteiger partial charge in [0.2, 0.25) is 0 Å². The van der Waals surface area contributed by atoms with Crippen molar-refractivity contribution in [2.24, 2.45) is 10.9 Å². The molecule has 0 atom stereocenters. The van der Waals surface area contributed by atoms with Crippen molar-refractivity contribution >= 4 is 11.6 Å². The molecule has 6 heteroatoms. The van der Waals surface area contributed by atoms with Gasteiger partial charge in [0.15, 0.2) is 5.96 Å². The van der Waals surface area contributed by atoms with Gasteiger partial charge in [-0.2, -0.15) is 0 Å². The number of aliphatic imine (C=N–C) groups is 1. The maximum absolute atomic E-state index is 5.80. The number of hydrogen-bond acceptors (Lipinski definition) is 4. The van der Waals surface area contributed by atoms with E-state index in [1.165, 1.54) is 5.69 Å². The van der Waals surface area contributed by atoms with Gasteiger partial charge in [0.1, 0.15) is 0 Å². The van der Waals surface area contributed by atoms with Crippen molar-refractivity contribution in [3.05, 3.63) is 30.3 Å². The minimum atomic E-state index is 0.678. The summed E-state index contributed by atoms with van der Waals surface area (Å²) in [4.78, 5) is 6.59. The molecule has 1 aromatic carbocycles. The van der Waals surface area contributed by atoms with Crippen LogP contribution in [-0.2, 0) is 9.47 Å². The molecule has 0 bridgehead atoms. The molecule has 0 spiro atoms. The molecule has 28 heavy (non-hydrogen) atoms. The number of rotatable bonds is 12. The van der Waals surface area contributed by atoms with Crippen LogP contribution in [0.2, 0.25) is 0 Å². The summed E-state index contributed by atoms with van der Waals surface area (Å²) in [7, 11) is 3.97. The van der Waals surface area contributed by atoms with Gasteiger partial charge in [0, 0.05) is 65.8 Å². The van der Waals surface area contributed by atoms with Gasteiger partial charge in [-0.1, -0.05) is 18.2 Å². The Morgan fingerprint density at radius 1 is 1.11 bits per heavy atom. The standard InChI is InChI=1S/C22H38N4O2/c1-23-22(25-14-8-16-28-19-20-11-17-27-18-12-20)24-13-6-7-15-26(2)21-9-4-3-5-10-21/h3-5,9-10,20H,6-8,11-19H2,1-2H3,(H2,23,24,25).